The number of fused-ring (bicyclic) bond motifs is 3. The smallest absolute Gasteiger partial charge is 0.0602 e. The number of likely N-dealkylation sites (N-methyl/N-ethyl adjacent to an activating group) is 1. The quantitative estimate of drug-likeness (QED) is 0.829. The minimum atomic E-state index is 0.634. The highest BCUT2D eigenvalue weighted by molar-refractivity contribution is 5.65. The number of rotatable bonds is 2. The van der Waals surface area contributed by atoms with Crippen LogP contribution in [0.25, 0.3) is 0 Å². The van der Waals surface area contributed by atoms with Gasteiger partial charge in [-0.05, 0) is 57.8 Å². The Morgan fingerprint density at radius 2 is 2.17 bits per heavy atom. The minimum absolute atomic E-state index is 0.634. The van der Waals surface area contributed by atoms with Crippen molar-refractivity contribution in [1.29, 1.82) is 0 Å². The van der Waals surface area contributed by atoms with Crippen molar-refractivity contribution >= 4 is 11.9 Å². The van der Waals surface area contributed by atoms with Crippen LogP contribution in [-0.4, -0.2) is 43.8 Å². The molecule has 0 radical (unpaired) electrons. The molecule has 1 saturated heterocycles. The SMILES string of the molecule is Cc1ccc2c(c1)[C@H]1CN(C)CCC[C@@H]1N2CC1=CCCC=N1. The molecule has 2 atom stereocenters. The van der Waals surface area contributed by atoms with Gasteiger partial charge in [0.25, 0.3) is 0 Å². The fraction of sp³-hybridized carbons (Fsp3) is 0.550. The summed E-state index contributed by atoms with van der Waals surface area (Å²) in [6, 6.07) is 7.66. The average molecular weight is 309 g/mol. The van der Waals surface area contributed by atoms with Crippen LogP contribution in [0, 0.1) is 6.92 Å². The van der Waals surface area contributed by atoms with Crippen LogP contribution < -0.4 is 4.90 Å². The molecule has 1 aromatic rings. The lowest BCUT2D eigenvalue weighted by atomic mass is 9.92. The van der Waals surface area contributed by atoms with Gasteiger partial charge in [0.2, 0.25) is 0 Å². The Kier molecular flexibility index (Phi) is 3.98. The van der Waals surface area contributed by atoms with Crippen LogP contribution in [0.2, 0.25) is 0 Å². The van der Waals surface area contributed by atoms with Gasteiger partial charge in [-0.15, -0.1) is 0 Å². The summed E-state index contributed by atoms with van der Waals surface area (Å²) < 4.78 is 0. The molecule has 3 heterocycles. The lowest BCUT2D eigenvalue weighted by molar-refractivity contribution is 0.330. The number of allylic oxidation sites excluding steroid dienone is 1. The molecule has 0 bridgehead atoms. The second-order valence-electron chi connectivity index (χ2n) is 7.35. The highest BCUT2D eigenvalue weighted by Gasteiger charge is 2.40. The molecule has 0 unspecified atom stereocenters. The zero-order chi connectivity index (χ0) is 15.8. The van der Waals surface area contributed by atoms with Crippen molar-refractivity contribution in [2.45, 2.75) is 44.6 Å². The van der Waals surface area contributed by atoms with Crippen molar-refractivity contribution in [3.05, 3.63) is 41.1 Å². The number of aryl methyl sites for hydroxylation is 1. The summed E-state index contributed by atoms with van der Waals surface area (Å²) in [5.74, 6) is 0.644. The summed E-state index contributed by atoms with van der Waals surface area (Å²) in [6.07, 6.45) is 9.23. The maximum Gasteiger partial charge on any atom is 0.0602 e. The first-order valence-electron chi connectivity index (χ1n) is 8.99. The molecule has 4 rings (SSSR count). The van der Waals surface area contributed by atoms with E-state index in [9.17, 15) is 0 Å². The normalized spacial score (nSPS) is 27.4. The third-order valence-corrected chi connectivity index (χ3v) is 5.57. The molecule has 23 heavy (non-hydrogen) atoms. The molecular formula is C20H27N3. The van der Waals surface area contributed by atoms with E-state index in [0.717, 1.165) is 19.4 Å². The highest BCUT2D eigenvalue weighted by atomic mass is 15.2. The largest absolute Gasteiger partial charge is 0.362 e. The van der Waals surface area contributed by atoms with E-state index >= 15 is 0 Å². The van der Waals surface area contributed by atoms with E-state index < -0.39 is 0 Å². The molecule has 0 spiro atoms. The summed E-state index contributed by atoms with van der Waals surface area (Å²) in [6.45, 7) is 5.59. The zero-order valence-corrected chi connectivity index (χ0v) is 14.3. The Hall–Kier alpha value is -1.61. The van der Waals surface area contributed by atoms with Crippen LogP contribution in [0.4, 0.5) is 5.69 Å². The summed E-state index contributed by atoms with van der Waals surface area (Å²) in [4.78, 5) is 9.80. The molecule has 3 aliphatic rings. The molecule has 0 N–H and O–H groups in total. The summed E-state index contributed by atoms with van der Waals surface area (Å²) in [5.41, 5.74) is 5.64. The Bertz CT molecular complexity index is 646. The van der Waals surface area contributed by atoms with Gasteiger partial charge >= 0.3 is 0 Å². The van der Waals surface area contributed by atoms with Gasteiger partial charge in [-0.2, -0.15) is 0 Å². The number of nitrogens with zero attached hydrogens (tertiary/aromatic N) is 3. The van der Waals surface area contributed by atoms with E-state index in [1.54, 1.807) is 5.56 Å². The average Bonchev–Trinajstić information content (AvgIpc) is 2.70. The van der Waals surface area contributed by atoms with Crippen LogP contribution in [-0.2, 0) is 0 Å². The highest BCUT2D eigenvalue weighted by Crippen LogP contribution is 2.45. The monoisotopic (exact) mass is 309 g/mol. The fourth-order valence-electron chi connectivity index (χ4n) is 4.45. The van der Waals surface area contributed by atoms with E-state index in [0.29, 0.717) is 12.0 Å². The van der Waals surface area contributed by atoms with E-state index in [1.807, 2.05) is 0 Å². The van der Waals surface area contributed by atoms with Gasteiger partial charge < -0.3 is 9.80 Å². The standard InChI is InChI=1S/C20H27N3/c1-15-8-9-20-17(12-15)18-14-22(2)11-5-7-19(18)23(20)13-16-6-3-4-10-21-16/h6,8-10,12,18-19H,3-5,7,11,13-14H2,1-2H3/t18-,19+/m1/s1. The molecule has 3 heteroatoms. The summed E-state index contributed by atoms with van der Waals surface area (Å²) in [5, 5.41) is 0. The van der Waals surface area contributed by atoms with Crippen molar-refractivity contribution in [3.63, 3.8) is 0 Å². The molecule has 0 aromatic heterocycles. The van der Waals surface area contributed by atoms with E-state index in [-0.39, 0.29) is 0 Å². The lowest BCUT2D eigenvalue weighted by Gasteiger charge is -2.30. The Morgan fingerprint density at radius 1 is 1.26 bits per heavy atom. The summed E-state index contributed by atoms with van der Waals surface area (Å²) in [7, 11) is 2.27. The molecule has 0 aliphatic carbocycles. The van der Waals surface area contributed by atoms with Gasteiger partial charge in [-0.3, -0.25) is 4.99 Å². The second-order valence-corrected chi connectivity index (χ2v) is 7.35. The van der Waals surface area contributed by atoms with Crippen molar-refractivity contribution in [3.8, 4) is 0 Å². The van der Waals surface area contributed by atoms with Gasteiger partial charge in [-0.1, -0.05) is 23.8 Å². The molecule has 0 amide bonds. The number of hydrogen-bond donors (Lipinski definition) is 0. The first-order valence-corrected chi connectivity index (χ1v) is 8.99. The molecule has 122 valence electrons. The first-order chi connectivity index (χ1) is 11.2. The number of hydrogen-bond acceptors (Lipinski definition) is 3. The van der Waals surface area contributed by atoms with E-state index in [4.69, 9.17) is 0 Å². The van der Waals surface area contributed by atoms with Crippen LogP contribution in [0.1, 0.15) is 42.7 Å². The van der Waals surface area contributed by atoms with Gasteiger partial charge in [-0.25, -0.2) is 0 Å². The van der Waals surface area contributed by atoms with Gasteiger partial charge in [0, 0.05) is 30.4 Å². The van der Waals surface area contributed by atoms with Crippen molar-refractivity contribution in [2.24, 2.45) is 4.99 Å². The third kappa shape index (κ3) is 2.83. The minimum Gasteiger partial charge on any atom is -0.362 e. The Labute approximate surface area is 139 Å². The third-order valence-electron chi connectivity index (χ3n) is 5.57. The topological polar surface area (TPSA) is 18.8 Å². The van der Waals surface area contributed by atoms with Crippen molar-refractivity contribution in [1.82, 2.24) is 4.90 Å². The maximum atomic E-state index is 4.64. The number of aliphatic imine (C=N–C) groups is 1. The Morgan fingerprint density at radius 3 is 3.00 bits per heavy atom. The van der Waals surface area contributed by atoms with Crippen LogP contribution in [0.15, 0.2) is 35.0 Å². The number of likely N-dealkylation sites (tertiary alicyclic amines) is 1. The lowest BCUT2D eigenvalue weighted by Crippen LogP contribution is -2.36. The number of anilines is 1. The van der Waals surface area contributed by atoms with Crippen LogP contribution >= 0.6 is 0 Å². The van der Waals surface area contributed by atoms with Gasteiger partial charge in [0.05, 0.1) is 12.2 Å². The molecule has 1 aromatic carbocycles. The molecule has 3 nitrogen and oxygen atoms in total. The van der Waals surface area contributed by atoms with Crippen molar-refractivity contribution < 1.29 is 0 Å². The van der Waals surface area contributed by atoms with E-state index in [2.05, 4.69) is 59.3 Å². The first kappa shape index (κ1) is 14.9. The maximum absolute atomic E-state index is 4.64. The van der Waals surface area contributed by atoms with Gasteiger partial charge in [0.15, 0.2) is 0 Å². The number of benzene rings is 1. The zero-order valence-electron chi connectivity index (χ0n) is 14.3. The van der Waals surface area contributed by atoms with Gasteiger partial charge in [0.1, 0.15) is 0 Å². The predicted octanol–water partition coefficient (Wildman–Crippen LogP) is 3.74. The molecule has 3 aliphatic heterocycles. The van der Waals surface area contributed by atoms with Crippen LogP contribution in [0.5, 0.6) is 0 Å². The van der Waals surface area contributed by atoms with Crippen LogP contribution in [0.3, 0.4) is 0 Å². The predicted molar refractivity (Wildman–Crippen MR) is 97.6 cm³/mol. The van der Waals surface area contributed by atoms with Crippen molar-refractivity contribution in [2.75, 3.05) is 31.6 Å². The molecule has 0 saturated carbocycles. The molecular weight excluding hydrogens is 282 g/mol. The Balaban J connectivity index is 1.70. The van der Waals surface area contributed by atoms with E-state index in [1.165, 1.54) is 42.9 Å². The molecule has 1 fully saturated rings. The fourth-order valence-corrected chi connectivity index (χ4v) is 4.45. The summed E-state index contributed by atoms with van der Waals surface area (Å²) >= 11 is 0. The second kappa shape index (κ2) is 6.12.